The topological polar surface area (TPSA) is 78.5 Å². The van der Waals surface area contributed by atoms with E-state index in [1.54, 1.807) is 32.1 Å². The van der Waals surface area contributed by atoms with Crippen molar-refractivity contribution in [2.45, 2.75) is 37.2 Å². The first-order chi connectivity index (χ1) is 12.5. The van der Waals surface area contributed by atoms with Crippen LogP contribution in [0.25, 0.3) is 0 Å². The standard InChI is InChI=1S/C19H27N3O3S2/c1-19(2,3)21-27(24,25)16-8-6-14(7-9-16)18(23)20-12-17(22(4)5)15-10-11-26-13-15/h6-11,13,17,21H,12H2,1-5H3,(H,20,23). The number of rotatable bonds is 7. The average molecular weight is 410 g/mol. The maximum atomic E-state index is 12.4. The SMILES string of the molecule is CN(C)C(CNC(=O)c1ccc(S(=O)(=O)NC(C)(C)C)cc1)c1ccsc1. The molecule has 0 bridgehead atoms. The molecule has 1 aromatic carbocycles. The third-order valence-corrected chi connectivity index (χ3v) is 6.35. The van der Waals surface area contributed by atoms with Crippen molar-refractivity contribution < 1.29 is 13.2 Å². The molecule has 2 aromatic rings. The molecule has 1 atom stereocenters. The molecule has 2 rings (SSSR count). The van der Waals surface area contributed by atoms with Gasteiger partial charge >= 0.3 is 0 Å². The molecule has 27 heavy (non-hydrogen) atoms. The number of nitrogens with zero attached hydrogens (tertiary/aromatic N) is 1. The lowest BCUT2D eigenvalue weighted by Crippen LogP contribution is -2.40. The number of likely N-dealkylation sites (N-methyl/N-ethyl adjacent to an activating group) is 1. The van der Waals surface area contributed by atoms with Crippen molar-refractivity contribution in [3.05, 3.63) is 52.2 Å². The highest BCUT2D eigenvalue weighted by atomic mass is 32.2. The third-order valence-electron chi connectivity index (χ3n) is 3.87. The number of hydrogen-bond acceptors (Lipinski definition) is 5. The van der Waals surface area contributed by atoms with Gasteiger partial charge in [0, 0.05) is 17.6 Å². The summed E-state index contributed by atoms with van der Waals surface area (Å²) in [5, 5.41) is 7.00. The van der Waals surface area contributed by atoms with Crippen molar-refractivity contribution >= 4 is 27.3 Å². The molecule has 0 aliphatic rings. The van der Waals surface area contributed by atoms with Gasteiger partial charge in [-0.15, -0.1) is 0 Å². The minimum atomic E-state index is -3.61. The van der Waals surface area contributed by atoms with Crippen molar-refractivity contribution in [3.63, 3.8) is 0 Å². The van der Waals surface area contributed by atoms with Crippen LogP contribution in [0.4, 0.5) is 0 Å². The van der Waals surface area contributed by atoms with E-state index in [1.807, 2.05) is 25.5 Å². The van der Waals surface area contributed by atoms with Crippen LogP contribution in [0.3, 0.4) is 0 Å². The van der Waals surface area contributed by atoms with Crippen molar-refractivity contribution in [1.82, 2.24) is 14.9 Å². The Bertz CT molecular complexity index is 853. The predicted octanol–water partition coefficient (Wildman–Crippen LogP) is 2.86. The highest BCUT2D eigenvalue weighted by Gasteiger charge is 2.22. The number of amides is 1. The molecule has 0 saturated heterocycles. The summed E-state index contributed by atoms with van der Waals surface area (Å²) >= 11 is 1.62. The molecule has 6 nitrogen and oxygen atoms in total. The van der Waals surface area contributed by atoms with E-state index in [4.69, 9.17) is 0 Å². The Morgan fingerprint density at radius 2 is 1.78 bits per heavy atom. The summed E-state index contributed by atoms with van der Waals surface area (Å²) in [5.74, 6) is -0.232. The molecule has 1 unspecified atom stereocenters. The Morgan fingerprint density at radius 3 is 2.26 bits per heavy atom. The normalized spacial score (nSPS) is 13.6. The van der Waals surface area contributed by atoms with E-state index in [2.05, 4.69) is 20.3 Å². The Kier molecular flexibility index (Phi) is 6.80. The maximum absolute atomic E-state index is 12.4. The van der Waals surface area contributed by atoms with Crippen molar-refractivity contribution in [2.75, 3.05) is 20.6 Å². The van der Waals surface area contributed by atoms with E-state index in [0.29, 0.717) is 12.1 Å². The van der Waals surface area contributed by atoms with Crippen molar-refractivity contribution in [1.29, 1.82) is 0 Å². The molecular formula is C19H27N3O3S2. The highest BCUT2D eigenvalue weighted by Crippen LogP contribution is 2.20. The van der Waals surface area contributed by atoms with E-state index in [1.165, 1.54) is 24.3 Å². The first kappa shape index (κ1) is 21.6. The number of nitrogens with one attached hydrogen (secondary N) is 2. The molecule has 148 valence electrons. The van der Waals surface area contributed by atoms with Gasteiger partial charge in [0.25, 0.3) is 5.91 Å². The molecule has 0 fully saturated rings. The summed E-state index contributed by atoms with van der Waals surface area (Å²) in [7, 11) is 0.323. The van der Waals surface area contributed by atoms with Crippen LogP contribution in [0.2, 0.25) is 0 Å². The fraction of sp³-hybridized carbons (Fsp3) is 0.421. The van der Waals surface area contributed by atoms with Crippen LogP contribution in [0.1, 0.15) is 42.7 Å². The minimum Gasteiger partial charge on any atom is -0.350 e. The first-order valence-corrected chi connectivity index (χ1v) is 11.0. The largest absolute Gasteiger partial charge is 0.350 e. The quantitative estimate of drug-likeness (QED) is 0.737. The first-order valence-electron chi connectivity index (χ1n) is 8.60. The van der Waals surface area contributed by atoms with Gasteiger partial charge < -0.3 is 10.2 Å². The Balaban J connectivity index is 2.05. The second kappa shape index (κ2) is 8.52. The fourth-order valence-electron chi connectivity index (χ4n) is 2.60. The van der Waals surface area contributed by atoms with Crippen LogP contribution in [0, 0.1) is 0 Å². The Hall–Kier alpha value is -1.74. The second-order valence-corrected chi connectivity index (χ2v) is 10.1. The van der Waals surface area contributed by atoms with Crippen LogP contribution in [0.15, 0.2) is 46.0 Å². The Morgan fingerprint density at radius 1 is 1.15 bits per heavy atom. The van der Waals surface area contributed by atoms with Crippen LogP contribution in [-0.2, 0) is 10.0 Å². The van der Waals surface area contributed by atoms with E-state index in [-0.39, 0.29) is 16.8 Å². The van der Waals surface area contributed by atoms with Gasteiger partial charge in [0.05, 0.1) is 10.9 Å². The Labute approximate surface area is 165 Å². The number of thiophene rings is 1. The number of carbonyl (C=O) groups is 1. The fourth-order valence-corrected chi connectivity index (χ4v) is 4.73. The zero-order valence-electron chi connectivity index (χ0n) is 16.3. The van der Waals surface area contributed by atoms with Gasteiger partial charge in [-0.1, -0.05) is 0 Å². The van der Waals surface area contributed by atoms with Gasteiger partial charge in [-0.25, -0.2) is 13.1 Å². The molecule has 1 amide bonds. The zero-order valence-corrected chi connectivity index (χ0v) is 17.9. The average Bonchev–Trinajstić information content (AvgIpc) is 3.06. The van der Waals surface area contributed by atoms with E-state index < -0.39 is 15.6 Å². The van der Waals surface area contributed by atoms with E-state index in [0.717, 1.165) is 5.56 Å². The zero-order chi connectivity index (χ0) is 20.2. The molecule has 2 N–H and O–H groups in total. The minimum absolute atomic E-state index is 0.0795. The lowest BCUT2D eigenvalue weighted by atomic mass is 10.1. The van der Waals surface area contributed by atoms with Gasteiger partial charge in [0.15, 0.2) is 0 Å². The summed E-state index contributed by atoms with van der Waals surface area (Å²) < 4.78 is 27.3. The van der Waals surface area contributed by atoms with Gasteiger partial charge in [0.1, 0.15) is 0 Å². The van der Waals surface area contributed by atoms with Gasteiger partial charge in [0.2, 0.25) is 10.0 Å². The van der Waals surface area contributed by atoms with Crippen LogP contribution < -0.4 is 10.0 Å². The lowest BCUT2D eigenvalue weighted by Gasteiger charge is -2.24. The second-order valence-electron chi connectivity index (χ2n) is 7.63. The number of sulfonamides is 1. The van der Waals surface area contributed by atoms with Crippen LogP contribution >= 0.6 is 11.3 Å². The predicted molar refractivity (Wildman–Crippen MR) is 110 cm³/mol. The molecule has 1 aromatic heterocycles. The monoisotopic (exact) mass is 409 g/mol. The van der Waals surface area contributed by atoms with Crippen molar-refractivity contribution in [3.8, 4) is 0 Å². The van der Waals surface area contributed by atoms with Crippen LogP contribution in [-0.4, -0.2) is 45.4 Å². The third kappa shape index (κ3) is 6.14. The van der Waals surface area contributed by atoms with E-state index in [9.17, 15) is 13.2 Å². The maximum Gasteiger partial charge on any atom is 0.251 e. The molecule has 0 spiro atoms. The summed E-state index contributed by atoms with van der Waals surface area (Å²) in [5.41, 5.74) is 1.00. The molecular weight excluding hydrogens is 382 g/mol. The molecule has 0 aliphatic heterocycles. The van der Waals surface area contributed by atoms with Gasteiger partial charge in [-0.3, -0.25) is 4.79 Å². The number of hydrogen-bond donors (Lipinski definition) is 2. The highest BCUT2D eigenvalue weighted by molar-refractivity contribution is 7.89. The van der Waals surface area contributed by atoms with E-state index >= 15 is 0 Å². The van der Waals surface area contributed by atoms with Crippen LogP contribution in [0.5, 0.6) is 0 Å². The summed E-state index contributed by atoms with van der Waals surface area (Å²) in [6.45, 7) is 5.80. The number of carbonyl (C=O) groups excluding carboxylic acids is 1. The number of benzene rings is 1. The molecule has 0 radical (unpaired) electrons. The lowest BCUT2D eigenvalue weighted by molar-refractivity contribution is 0.0942. The smallest absolute Gasteiger partial charge is 0.251 e. The summed E-state index contributed by atoms with van der Waals surface area (Å²) in [6.07, 6.45) is 0. The van der Waals surface area contributed by atoms with Crippen molar-refractivity contribution in [2.24, 2.45) is 0 Å². The van der Waals surface area contributed by atoms with Gasteiger partial charge in [-0.05, 0) is 81.5 Å². The summed E-state index contributed by atoms with van der Waals surface area (Å²) in [6, 6.07) is 8.08. The molecule has 8 heteroatoms. The molecule has 0 aliphatic carbocycles. The molecule has 0 saturated carbocycles. The summed E-state index contributed by atoms with van der Waals surface area (Å²) in [4.78, 5) is 14.6. The van der Waals surface area contributed by atoms with Gasteiger partial charge in [-0.2, -0.15) is 11.3 Å². The molecule has 1 heterocycles.